The monoisotopic (exact) mass is 324 g/mol. The number of carboxylic acid groups (broad SMARTS) is 1. The molecule has 0 unspecified atom stereocenters. The Morgan fingerprint density at radius 2 is 2.14 bits per heavy atom. The molecule has 0 atom stereocenters. The zero-order valence-electron chi connectivity index (χ0n) is 11.8. The summed E-state index contributed by atoms with van der Waals surface area (Å²) in [7, 11) is 0. The summed E-state index contributed by atoms with van der Waals surface area (Å²) in [6.45, 7) is 3.93. The van der Waals surface area contributed by atoms with E-state index in [0.29, 0.717) is 5.69 Å². The van der Waals surface area contributed by atoms with Crippen molar-refractivity contribution in [3.8, 4) is 9.88 Å². The molecule has 2 aromatic rings. The average Bonchev–Trinajstić information content (AvgIpc) is 3.09. The number of rotatable bonds is 6. The highest BCUT2D eigenvalue weighted by Gasteiger charge is 2.22. The predicted molar refractivity (Wildman–Crippen MR) is 83.9 cm³/mol. The molecule has 7 heteroatoms. The van der Waals surface area contributed by atoms with E-state index in [1.165, 1.54) is 11.3 Å². The Bertz CT molecular complexity index is 620. The normalized spacial score (nSPS) is 10.8. The highest BCUT2D eigenvalue weighted by Crippen LogP contribution is 2.28. The largest absolute Gasteiger partial charge is 0.481 e. The van der Waals surface area contributed by atoms with Gasteiger partial charge in [-0.05, 0) is 25.3 Å². The SMILES string of the molecule is CC(C)N(CCC(=O)O)C(=O)c1csc(-c2cccs2)n1. The third-order valence-corrected chi connectivity index (χ3v) is 4.79. The van der Waals surface area contributed by atoms with Crippen molar-refractivity contribution in [3.63, 3.8) is 0 Å². The first-order valence-corrected chi connectivity index (χ1v) is 8.27. The molecule has 0 aromatic carbocycles. The van der Waals surface area contributed by atoms with Gasteiger partial charge in [0.2, 0.25) is 0 Å². The smallest absolute Gasteiger partial charge is 0.305 e. The van der Waals surface area contributed by atoms with Crippen LogP contribution in [-0.2, 0) is 4.79 Å². The minimum Gasteiger partial charge on any atom is -0.481 e. The topological polar surface area (TPSA) is 70.5 Å². The standard InChI is InChI=1S/C14H16N2O3S2/c1-9(2)16(6-5-12(17)18)14(19)10-8-21-13(15-10)11-4-3-7-20-11/h3-4,7-9H,5-6H2,1-2H3,(H,17,18). The number of hydrogen-bond acceptors (Lipinski definition) is 5. The molecule has 2 aromatic heterocycles. The second-order valence-corrected chi connectivity index (χ2v) is 6.56. The number of thiophene rings is 1. The zero-order chi connectivity index (χ0) is 15.4. The molecule has 0 aliphatic heterocycles. The lowest BCUT2D eigenvalue weighted by atomic mass is 10.2. The molecule has 0 saturated heterocycles. The van der Waals surface area contributed by atoms with Crippen LogP contribution >= 0.6 is 22.7 Å². The molecule has 5 nitrogen and oxygen atoms in total. The van der Waals surface area contributed by atoms with Gasteiger partial charge in [0.15, 0.2) is 0 Å². The van der Waals surface area contributed by atoms with Crippen LogP contribution in [0.15, 0.2) is 22.9 Å². The predicted octanol–water partition coefficient (Wildman–Crippen LogP) is 3.20. The first kappa shape index (κ1) is 15.7. The maximum atomic E-state index is 12.5. The van der Waals surface area contributed by atoms with Gasteiger partial charge in [0, 0.05) is 18.0 Å². The van der Waals surface area contributed by atoms with E-state index in [1.807, 2.05) is 31.4 Å². The van der Waals surface area contributed by atoms with Crippen LogP contribution in [0.2, 0.25) is 0 Å². The fraction of sp³-hybridized carbons (Fsp3) is 0.357. The number of amides is 1. The molecule has 0 aliphatic rings. The molecule has 1 N–H and O–H groups in total. The van der Waals surface area contributed by atoms with E-state index in [0.717, 1.165) is 9.88 Å². The second-order valence-electron chi connectivity index (χ2n) is 4.75. The number of carboxylic acids is 1. The Kier molecular flexibility index (Phi) is 5.08. The quantitative estimate of drug-likeness (QED) is 0.886. The fourth-order valence-corrected chi connectivity index (χ4v) is 3.45. The summed E-state index contributed by atoms with van der Waals surface area (Å²) in [6.07, 6.45) is -0.0637. The maximum absolute atomic E-state index is 12.5. The van der Waals surface area contributed by atoms with Crippen LogP contribution in [0.5, 0.6) is 0 Å². The summed E-state index contributed by atoms with van der Waals surface area (Å²) < 4.78 is 0. The molecule has 1 amide bonds. The number of aliphatic carboxylic acids is 1. The van der Waals surface area contributed by atoms with Crippen LogP contribution in [0.4, 0.5) is 0 Å². The van der Waals surface area contributed by atoms with E-state index >= 15 is 0 Å². The van der Waals surface area contributed by atoms with Crippen molar-refractivity contribution in [2.75, 3.05) is 6.54 Å². The van der Waals surface area contributed by atoms with Crippen molar-refractivity contribution in [2.24, 2.45) is 0 Å². The molecule has 0 bridgehead atoms. The molecule has 0 radical (unpaired) electrons. The van der Waals surface area contributed by atoms with E-state index < -0.39 is 5.97 Å². The zero-order valence-corrected chi connectivity index (χ0v) is 13.4. The van der Waals surface area contributed by atoms with Gasteiger partial charge in [-0.1, -0.05) is 6.07 Å². The molecule has 21 heavy (non-hydrogen) atoms. The molecule has 2 heterocycles. The lowest BCUT2D eigenvalue weighted by molar-refractivity contribution is -0.137. The number of aromatic nitrogens is 1. The van der Waals surface area contributed by atoms with E-state index in [9.17, 15) is 9.59 Å². The van der Waals surface area contributed by atoms with Crippen LogP contribution in [-0.4, -0.2) is 39.5 Å². The van der Waals surface area contributed by atoms with Crippen molar-refractivity contribution < 1.29 is 14.7 Å². The Morgan fingerprint density at radius 3 is 2.71 bits per heavy atom. The van der Waals surface area contributed by atoms with Crippen LogP contribution in [0.25, 0.3) is 9.88 Å². The number of carbonyl (C=O) groups excluding carboxylic acids is 1. The van der Waals surface area contributed by atoms with Gasteiger partial charge in [0.05, 0.1) is 11.3 Å². The van der Waals surface area contributed by atoms with E-state index in [4.69, 9.17) is 5.11 Å². The Balaban J connectivity index is 2.15. The summed E-state index contributed by atoms with van der Waals surface area (Å²) in [5.41, 5.74) is 0.377. The molecule has 2 rings (SSSR count). The van der Waals surface area contributed by atoms with Crippen LogP contribution in [0.1, 0.15) is 30.8 Å². The molecule has 112 valence electrons. The molecule has 0 saturated carbocycles. The highest BCUT2D eigenvalue weighted by atomic mass is 32.1. The lowest BCUT2D eigenvalue weighted by Crippen LogP contribution is -2.38. The van der Waals surface area contributed by atoms with Gasteiger partial charge in [0.25, 0.3) is 5.91 Å². The molecule has 0 aliphatic carbocycles. The van der Waals surface area contributed by atoms with E-state index in [1.54, 1.807) is 21.6 Å². The third-order valence-electron chi connectivity index (χ3n) is 2.91. The first-order valence-electron chi connectivity index (χ1n) is 6.51. The molecule has 0 spiro atoms. The number of thiazole rings is 1. The average molecular weight is 324 g/mol. The summed E-state index contributed by atoms with van der Waals surface area (Å²) in [5.74, 6) is -1.13. The van der Waals surface area contributed by atoms with Gasteiger partial charge >= 0.3 is 5.97 Å². The highest BCUT2D eigenvalue weighted by molar-refractivity contribution is 7.20. The van der Waals surface area contributed by atoms with Crippen molar-refractivity contribution >= 4 is 34.6 Å². The molecular weight excluding hydrogens is 308 g/mol. The molecule has 0 fully saturated rings. The minimum absolute atomic E-state index is 0.0637. The van der Waals surface area contributed by atoms with Gasteiger partial charge in [-0.15, -0.1) is 22.7 Å². The molecular formula is C14H16N2O3S2. The Labute approximate surface area is 130 Å². The first-order chi connectivity index (χ1) is 9.99. The summed E-state index contributed by atoms with van der Waals surface area (Å²) >= 11 is 3.00. The van der Waals surface area contributed by atoms with E-state index in [-0.39, 0.29) is 24.9 Å². The van der Waals surface area contributed by atoms with Crippen molar-refractivity contribution in [1.29, 1.82) is 0 Å². The minimum atomic E-state index is -0.911. The van der Waals surface area contributed by atoms with Crippen molar-refractivity contribution in [2.45, 2.75) is 26.3 Å². The van der Waals surface area contributed by atoms with Gasteiger partial charge in [0.1, 0.15) is 10.7 Å². The second kappa shape index (κ2) is 6.82. The number of nitrogens with zero attached hydrogens (tertiary/aromatic N) is 2. The van der Waals surface area contributed by atoms with Gasteiger partial charge in [-0.3, -0.25) is 9.59 Å². The van der Waals surface area contributed by atoms with E-state index in [2.05, 4.69) is 4.98 Å². The van der Waals surface area contributed by atoms with Gasteiger partial charge in [-0.25, -0.2) is 4.98 Å². The lowest BCUT2D eigenvalue weighted by Gasteiger charge is -2.25. The summed E-state index contributed by atoms with van der Waals surface area (Å²) in [6, 6.07) is 3.84. The third kappa shape index (κ3) is 3.89. The number of hydrogen-bond donors (Lipinski definition) is 1. The van der Waals surface area contributed by atoms with Crippen LogP contribution in [0, 0.1) is 0 Å². The van der Waals surface area contributed by atoms with Crippen LogP contribution in [0.3, 0.4) is 0 Å². The van der Waals surface area contributed by atoms with Crippen molar-refractivity contribution in [3.05, 3.63) is 28.6 Å². The fourth-order valence-electron chi connectivity index (χ4n) is 1.84. The number of carbonyl (C=O) groups is 2. The van der Waals surface area contributed by atoms with Gasteiger partial charge in [-0.2, -0.15) is 0 Å². The summed E-state index contributed by atoms with van der Waals surface area (Å²) in [4.78, 5) is 30.1. The maximum Gasteiger partial charge on any atom is 0.305 e. The summed E-state index contributed by atoms with van der Waals surface area (Å²) in [5, 5.41) is 13.3. The Morgan fingerprint density at radius 1 is 1.38 bits per heavy atom. The van der Waals surface area contributed by atoms with Gasteiger partial charge < -0.3 is 10.0 Å². The van der Waals surface area contributed by atoms with Crippen LogP contribution < -0.4 is 0 Å². The Hall–Kier alpha value is -1.73. The van der Waals surface area contributed by atoms with Crippen molar-refractivity contribution in [1.82, 2.24) is 9.88 Å².